The van der Waals surface area contributed by atoms with Gasteiger partial charge in [-0.15, -0.1) is 0 Å². The summed E-state index contributed by atoms with van der Waals surface area (Å²) in [5, 5.41) is 1.36. The molecule has 136 valence electrons. The van der Waals surface area contributed by atoms with E-state index in [1.807, 2.05) is 30.3 Å². The molecule has 26 heavy (non-hydrogen) atoms. The Bertz CT molecular complexity index is 908. The van der Waals surface area contributed by atoms with Crippen LogP contribution in [-0.2, 0) is 10.0 Å². The van der Waals surface area contributed by atoms with Crippen LogP contribution in [0.15, 0.2) is 54.1 Å². The number of amides is 1. The maximum Gasteiger partial charge on any atom is 0.257 e. The monoisotopic (exact) mass is 391 g/mol. The number of carbonyl (C=O) groups excluding carboxylic acids is 1. The highest BCUT2D eigenvalue weighted by Crippen LogP contribution is 2.17. The molecule has 1 aromatic heterocycles. The van der Waals surface area contributed by atoms with Crippen molar-refractivity contribution in [2.75, 3.05) is 26.2 Å². The van der Waals surface area contributed by atoms with Crippen LogP contribution >= 0.6 is 11.6 Å². The fourth-order valence-electron chi connectivity index (χ4n) is 2.68. The molecule has 2 heterocycles. The Morgan fingerprint density at radius 1 is 1.04 bits per heavy atom. The molecule has 0 N–H and O–H groups in total. The lowest BCUT2D eigenvalue weighted by Gasteiger charge is -2.33. The van der Waals surface area contributed by atoms with Gasteiger partial charge in [0.2, 0.25) is 10.0 Å². The smallest absolute Gasteiger partial charge is 0.257 e. The van der Waals surface area contributed by atoms with Gasteiger partial charge in [0.25, 0.3) is 5.91 Å². The van der Waals surface area contributed by atoms with E-state index < -0.39 is 10.0 Å². The Morgan fingerprint density at radius 3 is 2.38 bits per heavy atom. The second-order valence-electron chi connectivity index (χ2n) is 5.79. The molecule has 2 aromatic rings. The first-order valence-corrected chi connectivity index (χ1v) is 9.98. The second-order valence-corrected chi connectivity index (χ2v) is 7.97. The molecule has 0 saturated carbocycles. The molecule has 0 unspecified atom stereocenters. The zero-order valence-electron chi connectivity index (χ0n) is 14.0. The van der Waals surface area contributed by atoms with Crippen LogP contribution in [-0.4, -0.2) is 54.7 Å². The number of nitrogens with zero attached hydrogens (tertiary/aromatic N) is 3. The quantitative estimate of drug-likeness (QED) is 0.751. The van der Waals surface area contributed by atoms with E-state index in [-0.39, 0.29) is 24.1 Å². The fourth-order valence-corrected chi connectivity index (χ4v) is 4.05. The number of hydrogen-bond donors (Lipinski definition) is 0. The lowest BCUT2D eigenvalue weighted by atomic mass is 10.2. The molecule has 1 aliphatic rings. The fraction of sp³-hybridized carbons (Fsp3) is 0.222. The van der Waals surface area contributed by atoms with Crippen molar-refractivity contribution in [3.05, 3.63) is 70.3 Å². The molecule has 0 radical (unpaired) electrons. The number of halogens is 1. The normalized spacial score (nSPS) is 16.1. The SMILES string of the molecule is O=C(c1cccnc1Cl)N1CCN(S(=O)(=O)/C=C/c2ccccc2)CC1. The first-order valence-electron chi connectivity index (χ1n) is 8.10. The van der Waals surface area contributed by atoms with Gasteiger partial charge < -0.3 is 4.90 Å². The van der Waals surface area contributed by atoms with Crippen LogP contribution in [0.4, 0.5) is 0 Å². The largest absolute Gasteiger partial charge is 0.336 e. The minimum atomic E-state index is -3.53. The van der Waals surface area contributed by atoms with E-state index in [9.17, 15) is 13.2 Å². The lowest BCUT2D eigenvalue weighted by molar-refractivity contribution is 0.0698. The minimum absolute atomic E-state index is 0.151. The standard InChI is InChI=1S/C18H18ClN3O3S/c19-17-16(7-4-9-20-17)18(23)21-10-12-22(13-11-21)26(24,25)14-8-15-5-2-1-3-6-15/h1-9,14H,10-13H2/b14-8+. The molecule has 1 fully saturated rings. The summed E-state index contributed by atoms with van der Waals surface area (Å²) in [5.41, 5.74) is 1.14. The number of sulfonamides is 1. The average Bonchev–Trinajstić information content (AvgIpc) is 2.67. The van der Waals surface area contributed by atoms with E-state index in [1.165, 1.54) is 15.9 Å². The summed E-state index contributed by atoms with van der Waals surface area (Å²) in [5.74, 6) is -0.236. The third kappa shape index (κ3) is 4.30. The van der Waals surface area contributed by atoms with Crippen LogP contribution in [0, 0.1) is 0 Å². The van der Waals surface area contributed by atoms with Crippen molar-refractivity contribution >= 4 is 33.6 Å². The molecule has 0 spiro atoms. The number of pyridine rings is 1. The Kier molecular flexibility index (Phi) is 5.70. The van der Waals surface area contributed by atoms with E-state index >= 15 is 0 Å². The third-order valence-electron chi connectivity index (χ3n) is 4.11. The minimum Gasteiger partial charge on any atom is -0.336 e. The first-order chi connectivity index (χ1) is 12.5. The van der Waals surface area contributed by atoms with E-state index in [4.69, 9.17) is 11.6 Å². The molecule has 1 aromatic carbocycles. The molecule has 1 amide bonds. The van der Waals surface area contributed by atoms with E-state index in [0.29, 0.717) is 18.7 Å². The third-order valence-corrected chi connectivity index (χ3v) is 5.97. The summed E-state index contributed by atoms with van der Waals surface area (Å²) in [6, 6.07) is 12.5. The van der Waals surface area contributed by atoms with Gasteiger partial charge in [-0.3, -0.25) is 4.79 Å². The summed E-state index contributed by atoms with van der Waals surface area (Å²) in [6.45, 7) is 1.10. The maximum absolute atomic E-state index is 12.5. The predicted octanol–water partition coefficient (Wildman–Crippen LogP) is 2.49. The molecular weight excluding hydrogens is 374 g/mol. The highest BCUT2D eigenvalue weighted by atomic mass is 35.5. The summed E-state index contributed by atoms with van der Waals surface area (Å²) in [4.78, 5) is 18.0. The van der Waals surface area contributed by atoms with Crippen LogP contribution in [0.2, 0.25) is 5.15 Å². The van der Waals surface area contributed by atoms with Crippen molar-refractivity contribution in [1.29, 1.82) is 0 Å². The van der Waals surface area contributed by atoms with Gasteiger partial charge in [0.15, 0.2) is 0 Å². The van der Waals surface area contributed by atoms with Gasteiger partial charge in [-0.05, 0) is 23.8 Å². The average molecular weight is 392 g/mol. The van der Waals surface area contributed by atoms with Gasteiger partial charge in [0, 0.05) is 37.8 Å². The summed E-state index contributed by atoms with van der Waals surface area (Å²) in [6.07, 6.45) is 3.09. The lowest BCUT2D eigenvalue weighted by Crippen LogP contribution is -2.50. The van der Waals surface area contributed by atoms with Gasteiger partial charge in [-0.1, -0.05) is 41.9 Å². The Hall–Kier alpha value is -2.22. The van der Waals surface area contributed by atoms with Crippen molar-refractivity contribution < 1.29 is 13.2 Å². The number of benzene rings is 1. The number of rotatable bonds is 4. The van der Waals surface area contributed by atoms with E-state index in [1.54, 1.807) is 23.1 Å². The molecule has 6 nitrogen and oxygen atoms in total. The zero-order valence-corrected chi connectivity index (χ0v) is 15.5. The van der Waals surface area contributed by atoms with Crippen molar-refractivity contribution in [3.8, 4) is 0 Å². The van der Waals surface area contributed by atoms with Crippen LogP contribution in [0.3, 0.4) is 0 Å². The molecule has 0 atom stereocenters. The summed E-state index contributed by atoms with van der Waals surface area (Å²) < 4.78 is 26.3. The van der Waals surface area contributed by atoms with Gasteiger partial charge in [0.05, 0.1) is 5.56 Å². The topological polar surface area (TPSA) is 70.6 Å². The molecule has 1 aliphatic heterocycles. The van der Waals surface area contributed by atoms with Crippen LogP contribution in [0.25, 0.3) is 6.08 Å². The van der Waals surface area contributed by atoms with Crippen molar-refractivity contribution in [2.45, 2.75) is 0 Å². The van der Waals surface area contributed by atoms with Crippen molar-refractivity contribution in [1.82, 2.24) is 14.2 Å². The Balaban J connectivity index is 1.63. The van der Waals surface area contributed by atoms with E-state index in [2.05, 4.69) is 4.98 Å². The van der Waals surface area contributed by atoms with Crippen molar-refractivity contribution in [2.24, 2.45) is 0 Å². The first kappa shape index (κ1) is 18.6. The maximum atomic E-state index is 12.5. The molecule has 0 aliphatic carbocycles. The highest BCUT2D eigenvalue weighted by Gasteiger charge is 2.28. The zero-order chi connectivity index (χ0) is 18.6. The van der Waals surface area contributed by atoms with E-state index in [0.717, 1.165) is 5.56 Å². The summed E-state index contributed by atoms with van der Waals surface area (Å²) in [7, 11) is -3.53. The summed E-state index contributed by atoms with van der Waals surface area (Å²) >= 11 is 5.97. The molecular formula is C18H18ClN3O3S. The molecule has 8 heteroatoms. The molecule has 3 rings (SSSR count). The number of aromatic nitrogens is 1. The highest BCUT2D eigenvalue weighted by molar-refractivity contribution is 7.92. The van der Waals surface area contributed by atoms with Crippen LogP contribution in [0.5, 0.6) is 0 Å². The van der Waals surface area contributed by atoms with Gasteiger partial charge >= 0.3 is 0 Å². The van der Waals surface area contributed by atoms with Gasteiger partial charge in [0.1, 0.15) is 5.15 Å². The Labute approximate surface area is 157 Å². The van der Waals surface area contributed by atoms with Crippen LogP contribution in [0.1, 0.15) is 15.9 Å². The second kappa shape index (κ2) is 7.99. The predicted molar refractivity (Wildman–Crippen MR) is 101 cm³/mol. The Morgan fingerprint density at radius 2 is 1.73 bits per heavy atom. The number of piperazine rings is 1. The van der Waals surface area contributed by atoms with Gasteiger partial charge in [-0.2, -0.15) is 4.31 Å². The number of hydrogen-bond acceptors (Lipinski definition) is 4. The van der Waals surface area contributed by atoms with Crippen LogP contribution < -0.4 is 0 Å². The van der Waals surface area contributed by atoms with Crippen molar-refractivity contribution in [3.63, 3.8) is 0 Å². The van der Waals surface area contributed by atoms with Gasteiger partial charge in [-0.25, -0.2) is 13.4 Å². The molecule has 0 bridgehead atoms. The molecule has 1 saturated heterocycles. The number of carbonyl (C=O) groups is 1.